The second-order valence-electron chi connectivity index (χ2n) is 4.67. The van der Waals surface area contributed by atoms with Gasteiger partial charge in [-0.3, -0.25) is 0 Å². The summed E-state index contributed by atoms with van der Waals surface area (Å²) in [5, 5.41) is 10.5. The van der Waals surface area contributed by atoms with Gasteiger partial charge in [-0.2, -0.15) is 0 Å². The molecule has 0 aliphatic carbocycles. The molecule has 1 unspecified atom stereocenters. The van der Waals surface area contributed by atoms with E-state index in [2.05, 4.69) is 29.8 Å². The highest BCUT2D eigenvalue weighted by molar-refractivity contribution is 9.10. The molecule has 0 radical (unpaired) electrons. The molecule has 1 nitrogen and oxygen atoms in total. The van der Waals surface area contributed by atoms with E-state index < -0.39 is 5.60 Å². The molecule has 0 heterocycles. The summed E-state index contributed by atoms with van der Waals surface area (Å²) in [6, 6.07) is 7.95. The van der Waals surface area contributed by atoms with Crippen molar-refractivity contribution in [3.05, 3.63) is 34.3 Å². The van der Waals surface area contributed by atoms with Gasteiger partial charge in [0.15, 0.2) is 0 Å². The Morgan fingerprint density at radius 3 is 2.44 bits per heavy atom. The van der Waals surface area contributed by atoms with E-state index in [-0.39, 0.29) is 0 Å². The van der Waals surface area contributed by atoms with E-state index in [0.717, 1.165) is 29.3 Å². The molecule has 0 aliphatic rings. The Bertz CT molecular complexity index is 329. The van der Waals surface area contributed by atoms with Gasteiger partial charge in [0, 0.05) is 4.47 Å². The topological polar surface area (TPSA) is 20.2 Å². The molecular weight excluding hydrogens is 264 g/mol. The van der Waals surface area contributed by atoms with Crippen LogP contribution >= 0.6 is 15.9 Å². The standard InChI is InChI=1S/C14H21BrO/c1-4-11(5-2)10-14(3,16)12-7-6-8-13(15)9-12/h6-9,11,16H,4-5,10H2,1-3H3. The molecular formula is C14H21BrO. The molecule has 1 N–H and O–H groups in total. The van der Waals surface area contributed by atoms with Crippen LogP contribution in [0, 0.1) is 5.92 Å². The van der Waals surface area contributed by atoms with Crippen LogP contribution in [0.2, 0.25) is 0 Å². The van der Waals surface area contributed by atoms with Crippen molar-refractivity contribution in [3.8, 4) is 0 Å². The molecule has 0 aromatic heterocycles. The van der Waals surface area contributed by atoms with Crippen molar-refractivity contribution in [2.24, 2.45) is 5.92 Å². The molecule has 0 aliphatic heterocycles. The molecule has 1 rings (SSSR count). The Morgan fingerprint density at radius 2 is 1.94 bits per heavy atom. The summed E-state index contributed by atoms with van der Waals surface area (Å²) in [6.45, 7) is 6.28. The van der Waals surface area contributed by atoms with E-state index in [9.17, 15) is 5.11 Å². The number of rotatable bonds is 5. The molecule has 16 heavy (non-hydrogen) atoms. The van der Waals surface area contributed by atoms with Gasteiger partial charge in [0.1, 0.15) is 0 Å². The number of hydrogen-bond acceptors (Lipinski definition) is 1. The SMILES string of the molecule is CCC(CC)CC(C)(O)c1cccc(Br)c1. The third-order valence-corrected chi connectivity index (χ3v) is 3.78. The van der Waals surface area contributed by atoms with Crippen molar-refractivity contribution in [2.45, 2.75) is 45.6 Å². The lowest BCUT2D eigenvalue weighted by Gasteiger charge is -2.28. The smallest absolute Gasteiger partial charge is 0.0871 e. The van der Waals surface area contributed by atoms with Gasteiger partial charge in [0.25, 0.3) is 0 Å². The minimum atomic E-state index is -0.722. The highest BCUT2D eigenvalue weighted by Crippen LogP contribution is 2.32. The molecule has 1 aromatic rings. The van der Waals surface area contributed by atoms with Crippen LogP contribution in [0.4, 0.5) is 0 Å². The third-order valence-electron chi connectivity index (χ3n) is 3.29. The van der Waals surface area contributed by atoms with E-state index in [4.69, 9.17) is 0 Å². The first-order valence-corrected chi connectivity index (χ1v) is 6.77. The average molecular weight is 285 g/mol. The van der Waals surface area contributed by atoms with Crippen molar-refractivity contribution in [3.63, 3.8) is 0 Å². The Hall–Kier alpha value is -0.340. The van der Waals surface area contributed by atoms with Crippen LogP contribution in [0.25, 0.3) is 0 Å². The maximum absolute atomic E-state index is 10.5. The summed E-state index contributed by atoms with van der Waals surface area (Å²) in [6.07, 6.45) is 3.08. The first-order valence-electron chi connectivity index (χ1n) is 5.98. The second-order valence-corrected chi connectivity index (χ2v) is 5.59. The van der Waals surface area contributed by atoms with Gasteiger partial charge in [-0.25, -0.2) is 0 Å². The van der Waals surface area contributed by atoms with Crippen molar-refractivity contribution >= 4 is 15.9 Å². The number of benzene rings is 1. The summed E-state index contributed by atoms with van der Waals surface area (Å²) in [7, 11) is 0. The zero-order valence-corrected chi connectivity index (χ0v) is 11.9. The minimum Gasteiger partial charge on any atom is -0.385 e. The van der Waals surface area contributed by atoms with Crippen LogP contribution in [0.1, 0.15) is 45.6 Å². The lowest BCUT2D eigenvalue weighted by molar-refractivity contribution is 0.0285. The fourth-order valence-corrected chi connectivity index (χ4v) is 2.48. The number of hydrogen-bond donors (Lipinski definition) is 1. The molecule has 0 saturated carbocycles. The van der Waals surface area contributed by atoms with Gasteiger partial charge in [-0.1, -0.05) is 54.8 Å². The van der Waals surface area contributed by atoms with Gasteiger partial charge < -0.3 is 5.11 Å². The molecule has 1 atom stereocenters. The lowest BCUT2D eigenvalue weighted by atomic mass is 9.84. The fourth-order valence-electron chi connectivity index (χ4n) is 2.08. The second kappa shape index (κ2) is 5.83. The molecule has 90 valence electrons. The summed E-state index contributed by atoms with van der Waals surface area (Å²) < 4.78 is 1.02. The van der Waals surface area contributed by atoms with Gasteiger partial charge in [-0.15, -0.1) is 0 Å². The summed E-state index contributed by atoms with van der Waals surface area (Å²) in [5.74, 6) is 0.592. The van der Waals surface area contributed by atoms with Crippen LogP contribution < -0.4 is 0 Å². The van der Waals surface area contributed by atoms with Crippen LogP contribution in [-0.4, -0.2) is 5.11 Å². The Labute approximate surface area is 107 Å². The summed E-state index contributed by atoms with van der Waals surface area (Å²) >= 11 is 3.44. The van der Waals surface area contributed by atoms with Crippen LogP contribution in [-0.2, 0) is 5.60 Å². The zero-order valence-electron chi connectivity index (χ0n) is 10.3. The highest BCUT2D eigenvalue weighted by Gasteiger charge is 2.26. The average Bonchev–Trinajstić information content (AvgIpc) is 2.26. The molecule has 0 amide bonds. The highest BCUT2D eigenvalue weighted by atomic mass is 79.9. The van der Waals surface area contributed by atoms with Gasteiger partial charge in [0.05, 0.1) is 5.60 Å². The van der Waals surface area contributed by atoms with Crippen LogP contribution in [0.5, 0.6) is 0 Å². The molecule has 0 bridgehead atoms. The normalized spacial score (nSPS) is 15.1. The first-order chi connectivity index (χ1) is 7.49. The van der Waals surface area contributed by atoms with Crippen molar-refractivity contribution in [2.75, 3.05) is 0 Å². The summed E-state index contributed by atoms with van der Waals surface area (Å²) in [5.41, 5.74) is 0.272. The fraction of sp³-hybridized carbons (Fsp3) is 0.571. The molecule has 2 heteroatoms. The Morgan fingerprint density at radius 1 is 1.31 bits per heavy atom. The lowest BCUT2D eigenvalue weighted by Crippen LogP contribution is -2.24. The van der Waals surface area contributed by atoms with E-state index >= 15 is 0 Å². The van der Waals surface area contributed by atoms with Gasteiger partial charge in [-0.05, 0) is 37.0 Å². The maximum Gasteiger partial charge on any atom is 0.0871 e. The monoisotopic (exact) mass is 284 g/mol. The summed E-state index contributed by atoms with van der Waals surface area (Å²) in [4.78, 5) is 0. The van der Waals surface area contributed by atoms with Crippen LogP contribution in [0.15, 0.2) is 28.7 Å². The third kappa shape index (κ3) is 3.60. The maximum atomic E-state index is 10.5. The molecule has 0 fully saturated rings. The first kappa shape index (κ1) is 13.7. The quantitative estimate of drug-likeness (QED) is 0.845. The predicted molar refractivity (Wildman–Crippen MR) is 72.4 cm³/mol. The van der Waals surface area contributed by atoms with Crippen LogP contribution in [0.3, 0.4) is 0 Å². The molecule has 0 spiro atoms. The Kier molecular flexibility index (Phi) is 5.00. The largest absolute Gasteiger partial charge is 0.385 e. The van der Waals surface area contributed by atoms with Crippen molar-refractivity contribution < 1.29 is 5.11 Å². The Balaban J connectivity index is 2.84. The van der Waals surface area contributed by atoms with Crippen molar-refractivity contribution in [1.82, 2.24) is 0 Å². The number of halogens is 1. The van der Waals surface area contributed by atoms with E-state index in [0.29, 0.717) is 5.92 Å². The minimum absolute atomic E-state index is 0.592. The molecule has 1 aromatic carbocycles. The molecule has 0 saturated heterocycles. The van der Waals surface area contributed by atoms with Gasteiger partial charge >= 0.3 is 0 Å². The number of aliphatic hydroxyl groups is 1. The van der Waals surface area contributed by atoms with Crippen molar-refractivity contribution in [1.29, 1.82) is 0 Å². The van der Waals surface area contributed by atoms with E-state index in [1.165, 1.54) is 0 Å². The zero-order chi connectivity index (χ0) is 12.2. The van der Waals surface area contributed by atoms with E-state index in [1.54, 1.807) is 0 Å². The predicted octanol–water partition coefficient (Wildman–Crippen LogP) is 4.48. The van der Waals surface area contributed by atoms with Gasteiger partial charge in [0.2, 0.25) is 0 Å². The van der Waals surface area contributed by atoms with E-state index in [1.807, 2.05) is 31.2 Å².